The summed E-state index contributed by atoms with van der Waals surface area (Å²) in [6.45, 7) is 1.98. The van der Waals surface area contributed by atoms with Gasteiger partial charge in [0, 0.05) is 11.5 Å². The standard InChI is InChI=1S/C14H16O3/c1-9-2-4-10(5-3-9)13(15)11-6-7-12(8-11)14(16)17/h2-5,11-12H,6-8H2,1H3,(H,16,17). The van der Waals surface area contributed by atoms with Gasteiger partial charge in [0.15, 0.2) is 5.78 Å². The molecule has 0 bridgehead atoms. The number of carbonyl (C=O) groups excluding carboxylic acids is 1. The topological polar surface area (TPSA) is 54.4 Å². The lowest BCUT2D eigenvalue weighted by molar-refractivity contribution is -0.141. The van der Waals surface area contributed by atoms with Crippen molar-refractivity contribution >= 4 is 11.8 Å². The lowest BCUT2D eigenvalue weighted by Crippen LogP contribution is -2.14. The number of ketones is 1. The molecule has 0 heterocycles. The van der Waals surface area contributed by atoms with Crippen molar-refractivity contribution in [3.8, 4) is 0 Å². The highest BCUT2D eigenvalue weighted by Gasteiger charge is 2.33. The Morgan fingerprint density at radius 3 is 2.24 bits per heavy atom. The average Bonchev–Trinajstić information content (AvgIpc) is 2.78. The second-order valence-electron chi connectivity index (χ2n) is 4.78. The van der Waals surface area contributed by atoms with Crippen molar-refractivity contribution < 1.29 is 14.7 Å². The molecule has 0 amide bonds. The minimum atomic E-state index is -0.774. The van der Waals surface area contributed by atoms with E-state index in [0.29, 0.717) is 24.8 Å². The Balaban J connectivity index is 2.07. The highest BCUT2D eigenvalue weighted by molar-refractivity contribution is 5.98. The maximum absolute atomic E-state index is 12.1. The van der Waals surface area contributed by atoms with Gasteiger partial charge in [0.05, 0.1) is 5.92 Å². The minimum absolute atomic E-state index is 0.0914. The first-order chi connectivity index (χ1) is 8.08. The molecule has 3 nitrogen and oxygen atoms in total. The zero-order valence-corrected chi connectivity index (χ0v) is 9.85. The predicted molar refractivity (Wildman–Crippen MR) is 64.0 cm³/mol. The summed E-state index contributed by atoms with van der Waals surface area (Å²) in [4.78, 5) is 23.0. The van der Waals surface area contributed by atoms with E-state index in [4.69, 9.17) is 5.11 Å². The van der Waals surface area contributed by atoms with Crippen molar-refractivity contribution in [2.24, 2.45) is 11.8 Å². The van der Waals surface area contributed by atoms with E-state index in [9.17, 15) is 9.59 Å². The Bertz CT molecular complexity index is 433. The lowest BCUT2D eigenvalue weighted by atomic mass is 9.95. The van der Waals surface area contributed by atoms with Gasteiger partial charge in [0.2, 0.25) is 0 Å². The molecule has 0 spiro atoms. The SMILES string of the molecule is Cc1ccc(C(=O)C2CCC(C(=O)O)C2)cc1. The lowest BCUT2D eigenvalue weighted by Gasteiger charge is -2.08. The van der Waals surface area contributed by atoms with E-state index in [1.807, 2.05) is 31.2 Å². The van der Waals surface area contributed by atoms with Crippen LogP contribution in [0.25, 0.3) is 0 Å². The van der Waals surface area contributed by atoms with E-state index in [2.05, 4.69) is 0 Å². The van der Waals surface area contributed by atoms with Gasteiger partial charge in [0.25, 0.3) is 0 Å². The van der Waals surface area contributed by atoms with Crippen molar-refractivity contribution in [2.75, 3.05) is 0 Å². The third-order valence-corrected chi connectivity index (χ3v) is 3.49. The van der Waals surface area contributed by atoms with Crippen molar-refractivity contribution in [1.82, 2.24) is 0 Å². The van der Waals surface area contributed by atoms with E-state index in [-0.39, 0.29) is 17.6 Å². The number of carboxylic acids is 1. The summed E-state index contributed by atoms with van der Waals surface area (Å²) in [5.41, 5.74) is 1.82. The van der Waals surface area contributed by atoms with Gasteiger partial charge in [-0.15, -0.1) is 0 Å². The number of carboxylic acid groups (broad SMARTS) is 1. The molecule has 1 aliphatic rings. The molecule has 0 aliphatic heterocycles. The molecule has 1 aliphatic carbocycles. The summed E-state index contributed by atoms with van der Waals surface area (Å²) in [5, 5.41) is 8.91. The zero-order chi connectivity index (χ0) is 12.4. The Morgan fingerprint density at radius 2 is 1.71 bits per heavy atom. The van der Waals surface area contributed by atoms with Crippen molar-refractivity contribution in [3.63, 3.8) is 0 Å². The maximum Gasteiger partial charge on any atom is 0.306 e. The van der Waals surface area contributed by atoms with Crippen LogP contribution >= 0.6 is 0 Å². The molecule has 2 atom stereocenters. The van der Waals surface area contributed by atoms with Crippen LogP contribution in [0.3, 0.4) is 0 Å². The average molecular weight is 232 g/mol. The number of aryl methyl sites for hydroxylation is 1. The number of benzene rings is 1. The summed E-state index contributed by atoms with van der Waals surface area (Å²) in [7, 11) is 0. The Hall–Kier alpha value is -1.64. The van der Waals surface area contributed by atoms with E-state index in [1.165, 1.54) is 0 Å². The van der Waals surface area contributed by atoms with Crippen LogP contribution in [-0.2, 0) is 4.79 Å². The van der Waals surface area contributed by atoms with Crippen molar-refractivity contribution in [3.05, 3.63) is 35.4 Å². The second kappa shape index (κ2) is 4.70. The molecule has 1 fully saturated rings. The molecule has 1 N–H and O–H groups in total. The van der Waals surface area contributed by atoms with Crippen LogP contribution in [0.4, 0.5) is 0 Å². The second-order valence-corrected chi connectivity index (χ2v) is 4.78. The first-order valence-corrected chi connectivity index (χ1v) is 5.91. The summed E-state index contributed by atoms with van der Waals surface area (Å²) in [6.07, 6.45) is 1.81. The van der Waals surface area contributed by atoms with Gasteiger partial charge < -0.3 is 5.11 Å². The number of hydrogen-bond donors (Lipinski definition) is 1. The zero-order valence-electron chi connectivity index (χ0n) is 9.85. The smallest absolute Gasteiger partial charge is 0.306 e. The molecule has 1 aromatic carbocycles. The fourth-order valence-electron chi connectivity index (χ4n) is 2.40. The van der Waals surface area contributed by atoms with Crippen LogP contribution in [0.15, 0.2) is 24.3 Å². The Kier molecular flexibility index (Phi) is 3.27. The summed E-state index contributed by atoms with van der Waals surface area (Å²) >= 11 is 0. The minimum Gasteiger partial charge on any atom is -0.481 e. The Labute approximate surface area is 100 Å². The highest BCUT2D eigenvalue weighted by atomic mass is 16.4. The van der Waals surface area contributed by atoms with Crippen LogP contribution in [0.1, 0.15) is 35.2 Å². The third-order valence-electron chi connectivity index (χ3n) is 3.49. The summed E-state index contributed by atoms with van der Waals surface area (Å²) in [5.74, 6) is -1.13. The molecular weight excluding hydrogens is 216 g/mol. The summed E-state index contributed by atoms with van der Waals surface area (Å²) < 4.78 is 0. The van der Waals surface area contributed by atoms with Crippen molar-refractivity contribution in [1.29, 1.82) is 0 Å². The van der Waals surface area contributed by atoms with Crippen LogP contribution in [-0.4, -0.2) is 16.9 Å². The van der Waals surface area contributed by atoms with Crippen LogP contribution in [0.2, 0.25) is 0 Å². The van der Waals surface area contributed by atoms with E-state index < -0.39 is 5.97 Å². The monoisotopic (exact) mass is 232 g/mol. The van der Waals surface area contributed by atoms with E-state index >= 15 is 0 Å². The predicted octanol–water partition coefficient (Wildman–Crippen LogP) is 2.68. The van der Waals surface area contributed by atoms with Gasteiger partial charge >= 0.3 is 5.97 Å². The van der Waals surface area contributed by atoms with Crippen LogP contribution in [0.5, 0.6) is 0 Å². The fourth-order valence-corrected chi connectivity index (χ4v) is 2.40. The molecular formula is C14H16O3. The number of hydrogen-bond acceptors (Lipinski definition) is 2. The normalized spacial score (nSPS) is 23.6. The van der Waals surface area contributed by atoms with Gasteiger partial charge in [-0.05, 0) is 26.2 Å². The summed E-state index contributed by atoms with van der Waals surface area (Å²) in [6, 6.07) is 7.48. The number of aliphatic carboxylic acids is 1. The largest absolute Gasteiger partial charge is 0.481 e. The number of carbonyl (C=O) groups is 2. The molecule has 0 saturated heterocycles. The molecule has 0 aromatic heterocycles. The maximum atomic E-state index is 12.1. The molecule has 1 aromatic rings. The van der Waals surface area contributed by atoms with Crippen LogP contribution in [0, 0.1) is 18.8 Å². The van der Waals surface area contributed by atoms with Crippen LogP contribution < -0.4 is 0 Å². The first kappa shape index (κ1) is 11.8. The number of Topliss-reactive ketones (excluding diaryl/α,β-unsaturated/α-hetero) is 1. The number of rotatable bonds is 3. The molecule has 2 rings (SSSR count). The fraction of sp³-hybridized carbons (Fsp3) is 0.429. The molecule has 17 heavy (non-hydrogen) atoms. The molecule has 0 radical (unpaired) electrons. The molecule has 1 saturated carbocycles. The Morgan fingerprint density at radius 1 is 1.12 bits per heavy atom. The van der Waals surface area contributed by atoms with E-state index in [1.54, 1.807) is 0 Å². The van der Waals surface area contributed by atoms with Gasteiger partial charge in [-0.3, -0.25) is 9.59 Å². The molecule has 3 heteroatoms. The van der Waals surface area contributed by atoms with Crippen molar-refractivity contribution in [2.45, 2.75) is 26.2 Å². The highest BCUT2D eigenvalue weighted by Crippen LogP contribution is 2.33. The van der Waals surface area contributed by atoms with Gasteiger partial charge in [0.1, 0.15) is 0 Å². The molecule has 90 valence electrons. The van der Waals surface area contributed by atoms with Gasteiger partial charge in [-0.25, -0.2) is 0 Å². The van der Waals surface area contributed by atoms with Gasteiger partial charge in [-0.1, -0.05) is 29.8 Å². The van der Waals surface area contributed by atoms with Gasteiger partial charge in [-0.2, -0.15) is 0 Å². The quantitative estimate of drug-likeness (QED) is 0.815. The van der Waals surface area contributed by atoms with E-state index in [0.717, 1.165) is 5.56 Å². The first-order valence-electron chi connectivity index (χ1n) is 5.91. The third kappa shape index (κ3) is 2.54. The molecule has 2 unspecified atom stereocenters.